The molecular formula is C16H14Cl2N4O2S. The standard InChI is InChI=1S/C16H14Cl2N4O2S/c1-9(15(23)19-12-5-3-4-6-13(12)24-2)25-16-21-20-14-11(18)7-10(17)8-22(14)16/h3-9H,1-2H3,(H,19,23). The fourth-order valence-corrected chi connectivity index (χ4v) is 3.51. The SMILES string of the molecule is COc1ccccc1NC(=O)C(C)Sc1nnc2c(Cl)cc(Cl)cn12. The van der Waals surface area contributed by atoms with Gasteiger partial charge in [-0.3, -0.25) is 9.20 Å². The molecule has 1 aromatic carbocycles. The van der Waals surface area contributed by atoms with Crippen molar-refractivity contribution in [1.82, 2.24) is 14.6 Å². The molecule has 1 unspecified atom stereocenters. The van der Waals surface area contributed by atoms with Crippen LogP contribution >= 0.6 is 35.0 Å². The van der Waals surface area contributed by atoms with Crippen LogP contribution in [0.5, 0.6) is 5.75 Å². The monoisotopic (exact) mass is 396 g/mol. The summed E-state index contributed by atoms with van der Waals surface area (Å²) in [5.41, 5.74) is 1.10. The molecule has 1 amide bonds. The molecule has 6 nitrogen and oxygen atoms in total. The summed E-state index contributed by atoms with van der Waals surface area (Å²) < 4.78 is 6.91. The van der Waals surface area contributed by atoms with Crippen molar-refractivity contribution in [3.8, 4) is 5.75 Å². The van der Waals surface area contributed by atoms with E-state index < -0.39 is 5.25 Å². The van der Waals surface area contributed by atoms with Gasteiger partial charge >= 0.3 is 0 Å². The van der Waals surface area contributed by atoms with Crippen LogP contribution < -0.4 is 10.1 Å². The number of thioether (sulfide) groups is 1. The zero-order valence-electron chi connectivity index (χ0n) is 13.4. The van der Waals surface area contributed by atoms with Gasteiger partial charge in [0.25, 0.3) is 0 Å². The first-order valence-electron chi connectivity index (χ1n) is 7.30. The first-order chi connectivity index (χ1) is 12.0. The summed E-state index contributed by atoms with van der Waals surface area (Å²) in [6.45, 7) is 1.78. The van der Waals surface area contributed by atoms with E-state index in [1.165, 1.54) is 11.8 Å². The van der Waals surface area contributed by atoms with Crippen LogP contribution in [-0.2, 0) is 4.79 Å². The number of ether oxygens (including phenoxy) is 1. The second-order valence-electron chi connectivity index (χ2n) is 5.13. The Kier molecular flexibility index (Phi) is 5.36. The zero-order chi connectivity index (χ0) is 18.0. The zero-order valence-corrected chi connectivity index (χ0v) is 15.7. The molecule has 1 atom stereocenters. The van der Waals surface area contributed by atoms with E-state index in [0.29, 0.717) is 32.3 Å². The van der Waals surface area contributed by atoms with Crippen LogP contribution in [0.1, 0.15) is 6.92 Å². The molecule has 130 valence electrons. The van der Waals surface area contributed by atoms with E-state index in [2.05, 4.69) is 15.5 Å². The van der Waals surface area contributed by atoms with E-state index in [9.17, 15) is 4.79 Å². The highest BCUT2D eigenvalue weighted by molar-refractivity contribution is 8.00. The number of halogens is 2. The van der Waals surface area contributed by atoms with Gasteiger partial charge in [-0.25, -0.2) is 0 Å². The molecule has 25 heavy (non-hydrogen) atoms. The number of hydrogen-bond acceptors (Lipinski definition) is 5. The fraction of sp³-hybridized carbons (Fsp3) is 0.188. The number of methoxy groups -OCH3 is 1. The number of carbonyl (C=O) groups excluding carboxylic acids is 1. The van der Waals surface area contributed by atoms with Gasteiger partial charge in [0.15, 0.2) is 10.8 Å². The predicted molar refractivity (Wildman–Crippen MR) is 99.9 cm³/mol. The quantitative estimate of drug-likeness (QED) is 0.655. The van der Waals surface area contributed by atoms with Crippen molar-refractivity contribution in [1.29, 1.82) is 0 Å². The van der Waals surface area contributed by atoms with Gasteiger partial charge in [-0.2, -0.15) is 0 Å². The number of aromatic nitrogens is 3. The predicted octanol–water partition coefficient (Wildman–Crippen LogP) is 4.16. The van der Waals surface area contributed by atoms with E-state index in [0.717, 1.165) is 0 Å². The number of carbonyl (C=O) groups is 1. The summed E-state index contributed by atoms with van der Waals surface area (Å²) >= 11 is 13.4. The molecule has 2 aromatic heterocycles. The van der Waals surface area contributed by atoms with Crippen molar-refractivity contribution >= 4 is 52.2 Å². The van der Waals surface area contributed by atoms with Gasteiger partial charge in [0.2, 0.25) is 5.91 Å². The summed E-state index contributed by atoms with van der Waals surface area (Å²) in [7, 11) is 1.55. The molecule has 0 saturated carbocycles. The summed E-state index contributed by atoms with van der Waals surface area (Å²) in [6, 6.07) is 8.82. The maximum Gasteiger partial charge on any atom is 0.237 e. The van der Waals surface area contributed by atoms with Crippen molar-refractivity contribution in [2.24, 2.45) is 0 Å². The van der Waals surface area contributed by atoms with Crippen LogP contribution in [0.2, 0.25) is 10.0 Å². The number of rotatable bonds is 5. The van der Waals surface area contributed by atoms with Gasteiger partial charge < -0.3 is 10.1 Å². The van der Waals surface area contributed by atoms with Crippen LogP contribution in [-0.4, -0.2) is 32.9 Å². The maximum absolute atomic E-state index is 12.5. The lowest BCUT2D eigenvalue weighted by atomic mass is 10.3. The highest BCUT2D eigenvalue weighted by atomic mass is 35.5. The lowest BCUT2D eigenvalue weighted by Gasteiger charge is -2.13. The topological polar surface area (TPSA) is 68.5 Å². The Labute approximate surface area is 158 Å². The molecule has 0 spiro atoms. The molecular weight excluding hydrogens is 383 g/mol. The van der Waals surface area contributed by atoms with Crippen LogP contribution in [0, 0.1) is 0 Å². The Morgan fingerprint density at radius 3 is 2.84 bits per heavy atom. The second-order valence-corrected chi connectivity index (χ2v) is 7.28. The van der Waals surface area contributed by atoms with Crippen molar-refractivity contribution in [3.05, 3.63) is 46.6 Å². The number of hydrogen-bond donors (Lipinski definition) is 1. The van der Waals surface area contributed by atoms with Gasteiger partial charge in [-0.1, -0.05) is 47.1 Å². The third kappa shape index (κ3) is 3.84. The molecule has 0 saturated heterocycles. The molecule has 0 radical (unpaired) electrons. The first-order valence-corrected chi connectivity index (χ1v) is 8.93. The normalized spacial score (nSPS) is 12.2. The number of fused-ring (bicyclic) bond motifs is 1. The minimum atomic E-state index is -0.421. The number of amides is 1. The first kappa shape index (κ1) is 17.8. The Morgan fingerprint density at radius 2 is 2.08 bits per heavy atom. The molecule has 1 N–H and O–H groups in total. The Bertz CT molecular complexity index is 932. The smallest absolute Gasteiger partial charge is 0.237 e. The van der Waals surface area contributed by atoms with E-state index in [1.54, 1.807) is 42.8 Å². The fourth-order valence-electron chi connectivity index (χ4n) is 2.18. The average Bonchev–Trinajstić information content (AvgIpc) is 2.98. The van der Waals surface area contributed by atoms with Crippen molar-refractivity contribution in [3.63, 3.8) is 0 Å². The lowest BCUT2D eigenvalue weighted by Crippen LogP contribution is -2.23. The molecule has 0 fully saturated rings. The van der Waals surface area contributed by atoms with Crippen LogP contribution in [0.15, 0.2) is 41.7 Å². The number of pyridine rings is 1. The summed E-state index contributed by atoms with van der Waals surface area (Å²) in [4.78, 5) is 12.5. The highest BCUT2D eigenvalue weighted by Crippen LogP contribution is 2.29. The van der Waals surface area contributed by atoms with Gasteiger partial charge in [-0.05, 0) is 25.1 Å². The molecule has 9 heteroatoms. The largest absolute Gasteiger partial charge is 0.495 e. The molecule has 0 aliphatic carbocycles. The van der Waals surface area contributed by atoms with E-state index >= 15 is 0 Å². The molecule has 2 heterocycles. The minimum absolute atomic E-state index is 0.181. The summed E-state index contributed by atoms with van der Waals surface area (Å²) in [6.07, 6.45) is 1.66. The number of para-hydroxylation sites is 2. The molecule has 3 rings (SSSR count). The van der Waals surface area contributed by atoms with Crippen LogP contribution in [0.3, 0.4) is 0 Å². The minimum Gasteiger partial charge on any atom is -0.495 e. The van der Waals surface area contributed by atoms with Crippen LogP contribution in [0.4, 0.5) is 5.69 Å². The Morgan fingerprint density at radius 1 is 1.32 bits per heavy atom. The van der Waals surface area contributed by atoms with Crippen molar-refractivity contribution in [2.45, 2.75) is 17.3 Å². The summed E-state index contributed by atoms with van der Waals surface area (Å²) in [5.74, 6) is 0.416. The Balaban J connectivity index is 1.78. The van der Waals surface area contributed by atoms with E-state index in [-0.39, 0.29) is 5.91 Å². The number of nitrogens with zero attached hydrogens (tertiary/aromatic N) is 3. The molecule has 3 aromatic rings. The van der Waals surface area contributed by atoms with E-state index in [4.69, 9.17) is 27.9 Å². The van der Waals surface area contributed by atoms with Crippen molar-refractivity contribution in [2.75, 3.05) is 12.4 Å². The molecule has 0 bridgehead atoms. The number of anilines is 1. The van der Waals surface area contributed by atoms with Gasteiger partial charge in [0.1, 0.15) is 5.75 Å². The van der Waals surface area contributed by atoms with E-state index in [1.807, 2.05) is 12.1 Å². The van der Waals surface area contributed by atoms with Crippen LogP contribution in [0.25, 0.3) is 5.65 Å². The number of benzene rings is 1. The highest BCUT2D eigenvalue weighted by Gasteiger charge is 2.20. The lowest BCUT2D eigenvalue weighted by molar-refractivity contribution is -0.115. The van der Waals surface area contributed by atoms with Gasteiger partial charge in [0, 0.05) is 6.20 Å². The summed E-state index contributed by atoms with van der Waals surface area (Å²) in [5, 5.41) is 11.9. The van der Waals surface area contributed by atoms with Gasteiger partial charge in [-0.15, -0.1) is 10.2 Å². The second kappa shape index (κ2) is 7.51. The Hall–Kier alpha value is -1.96. The average molecular weight is 397 g/mol. The van der Waals surface area contributed by atoms with Gasteiger partial charge in [0.05, 0.1) is 28.1 Å². The number of nitrogens with one attached hydrogen (secondary N) is 1. The third-order valence-electron chi connectivity index (χ3n) is 3.41. The molecule has 0 aliphatic heterocycles. The molecule has 0 aliphatic rings. The maximum atomic E-state index is 12.5. The van der Waals surface area contributed by atoms with Crippen molar-refractivity contribution < 1.29 is 9.53 Å². The third-order valence-corrected chi connectivity index (χ3v) is 4.95.